The van der Waals surface area contributed by atoms with Crippen molar-refractivity contribution in [1.29, 1.82) is 0 Å². The molecule has 1 aliphatic rings. The maximum absolute atomic E-state index is 5.73. The summed E-state index contributed by atoms with van der Waals surface area (Å²) in [5, 5.41) is 0. The molecule has 2 heterocycles. The molecule has 0 bridgehead atoms. The van der Waals surface area contributed by atoms with Crippen molar-refractivity contribution < 1.29 is 9.47 Å². The van der Waals surface area contributed by atoms with Gasteiger partial charge in [-0.2, -0.15) is 0 Å². The van der Waals surface area contributed by atoms with Crippen molar-refractivity contribution in [3.8, 4) is 5.75 Å². The lowest BCUT2D eigenvalue weighted by Gasteiger charge is -2.37. The fourth-order valence-electron chi connectivity index (χ4n) is 2.13. The van der Waals surface area contributed by atoms with E-state index in [1.165, 1.54) is 0 Å². The van der Waals surface area contributed by atoms with Crippen molar-refractivity contribution in [2.75, 3.05) is 31.6 Å². The predicted molar refractivity (Wildman–Crippen MR) is 66.4 cm³/mol. The molecule has 0 aromatic carbocycles. The molecule has 0 spiro atoms. The van der Waals surface area contributed by atoms with Gasteiger partial charge in [-0.3, -0.25) is 0 Å². The molecule has 94 valence electrons. The van der Waals surface area contributed by atoms with Crippen molar-refractivity contribution in [2.24, 2.45) is 5.73 Å². The molecule has 1 saturated heterocycles. The molecule has 1 aromatic rings. The van der Waals surface area contributed by atoms with Gasteiger partial charge in [-0.1, -0.05) is 0 Å². The molecule has 2 unspecified atom stereocenters. The Balaban J connectivity index is 2.20. The first-order chi connectivity index (χ1) is 8.24. The van der Waals surface area contributed by atoms with Crippen LogP contribution in [0.5, 0.6) is 5.75 Å². The molecular weight excluding hydrogens is 218 g/mol. The van der Waals surface area contributed by atoms with Crippen LogP contribution in [0.25, 0.3) is 0 Å². The zero-order valence-electron chi connectivity index (χ0n) is 10.3. The molecule has 2 N–H and O–H groups in total. The van der Waals surface area contributed by atoms with Gasteiger partial charge in [0.2, 0.25) is 0 Å². The summed E-state index contributed by atoms with van der Waals surface area (Å²) in [5.74, 6) is 1.65. The number of ether oxygens (including phenoxy) is 2. The van der Waals surface area contributed by atoms with E-state index in [1.54, 1.807) is 13.3 Å². The van der Waals surface area contributed by atoms with E-state index >= 15 is 0 Å². The van der Waals surface area contributed by atoms with Crippen molar-refractivity contribution in [2.45, 2.75) is 19.1 Å². The highest BCUT2D eigenvalue weighted by Crippen LogP contribution is 2.27. The second kappa shape index (κ2) is 5.33. The monoisotopic (exact) mass is 237 g/mol. The first-order valence-corrected chi connectivity index (χ1v) is 5.84. The van der Waals surface area contributed by atoms with Crippen molar-refractivity contribution in [3.63, 3.8) is 0 Å². The van der Waals surface area contributed by atoms with E-state index in [4.69, 9.17) is 15.2 Å². The van der Waals surface area contributed by atoms with Gasteiger partial charge >= 0.3 is 0 Å². The van der Waals surface area contributed by atoms with Crippen LogP contribution in [0.2, 0.25) is 0 Å². The maximum atomic E-state index is 5.73. The van der Waals surface area contributed by atoms with Crippen molar-refractivity contribution in [1.82, 2.24) is 4.98 Å². The highest BCUT2D eigenvalue weighted by atomic mass is 16.5. The highest BCUT2D eigenvalue weighted by Gasteiger charge is 2.26. The molecule has 2 atom stereocenters. The third kappa shape index (κ3) is 2.68. The zero-order chi connectivity index (χ0) is 12.3. The number of rotatable bonds is 3. The standard InChI is InChI=1S/C12H19N3O2/c1-9-7-15(8-10(6-13)17-9)12-11(16-2)4-3-5-14-12/h3-5,9-10H,6-8,13H2,1-2H3. The Kier molecular flexibility index (Phi) is 3.81. The van der Waals surface area contributed by atoms with Gasteiger partial charge in [0.25, 0.3) is 0 Å². The molecule has 0 saturated carbocycles. The predicted octanol–water partition coefficient (Wildman–Crippen LogP) is 0.643. The van der Waals surface area contributed by atoms with E-state index in [2.05, 4.69) is 9.88 Å². The van der Waals surface area contributed by atoms with Gasteiger partial charge in [0.15, 0.2) is 11.6 Å². The lowest BCUT2D eigenvalue weighted by atomic mass is 10.2. The summed E-state index contributed by atoms with van der Waals surface area (Å²) in [6.07, 6.45) is 1.99. The van der Waals surface area contributed by atoms with Crippen LogP contribution in [0.3, 0.4) is 0 Å². The summed E-state index contributed by atoms with van der Waals surface area (Å²) in [6.45, 7) is 4.14. The smallest absolute Gasteiger partial charge is 0.171 e. The molecule has 1 aromatic heterocycles. The average Bonchev–Trinajstić information content (AvgIpc) is 2.37. The summed E-state index contributed by atoms with van der Waals surface area (Å²) in [4.78, 5) is 6.55. The Morgan fingerprint density at radius 3 is 3.12 bits per heavy atom. The fourth-order valence-corrected chi connectivity index (χ4v) is 2.13. The van der Waals surface area contributed by atoms with Crippen LogP contribution in [0.15, 0.2) is 18.3 Å². The molecule has 2 rings (SSSR count). The maximum Gasteiger partial charge on any atom is 0.171 e. The number of aromatic nitrogens is 1. The summed E-state index contributed by atoms with van der Waals surface area (Å²) in [7, 11) is 1.66. The van der Waals surface area contributed by atoms with Crippen LogP contribution in [-0.4, -0.2) is 43.9 Å². The number of pyridine rings is 1. The quantitative estimate of drug-likeness (QED) is 0.836. The number of anilines is 1. The number of methoxy groups -OCH3 is 1. The van der Waals surface area contributed by atoms with E-state index in [0.29, 0.717) is 6.54 Å². The lowest BCUT2D eigenvalue weighted by Crippen LogP contribution is -2.49. The number of morpholine rings is 1. The first-order valence-electron chi connectivity index (χ1n) is 5.84. The molecular formula is C12H19N3O2. The third-order valence-corrected chi connectivity index (χ3v) is 2.86. The van der Waals surface area contributed by atoms with Crippen molar-refractivity contribution >= 4 is 5.82 Å². The molecule has 5 heteroatoms. The van der Waals surface area contributed by atoms with Crippen LogP contribution in [-0.2, 0) is 4.74 Å². The van der Waals surface area contributed by atoms with Gasteiger partial charge in [-0.25, -0.2) is 4.98 Å². The van der Waals surface area contributed by atoms with Crippen LogP contribution >= 0.6 is 0 Å². The highest BCUT2D eigenvalue weighted by molar-refractivity contribution is 5.52. The second-order valence-corrected chi connectivity index (χ2v) is 4.24. The minimum Gasteiger partial charge on any atom is -0.493 e. The molecule has 17 heavy (non-hydrogen) atoms. The SMILES string of the molecule is COc1cccnc1N1CC(C)OC(CN)C1. The van der Waals surface area contributed by atoms with Gasteiger partial charge in [0, 0.05) is 25.8 Å². The number of hydrogen-bond donors (Lipinski definition) is 1. The number of hydrogen-bond acceptors (Lipinski definition) is 5. The topological polar surface area (TPSA) is 60.6 Å². The fraction of sp³-hybridized carbons (Fsp3) is 0.583. The first kappa shape index (κ1) is 12.1. The Morgan fingerprint density at radius 1 is 1.59 bits per heavy atom. The lowest BCUT2D eigenvalue weighted by molar-refractivity contribution is -0.0108. The van der Waals surface area contributed by atoms with Gasteiger partial charge in [-0.05, 0) is 19.1 Å². The summed E-state index contributed by atoms with van der Waals surface area (Å²) in [5.41, 5.74) is 5.67. The van der Waals surface area contributed by atoms with E-state index in [0.717, 1.165) is 24.7 Å². The normalized spacial score (nSPS) is 24.8. The van der Waals surface area contributed by atoms with E-state index < -0.39 is 0 Å². The molecule has 5 nitrogen and oxygen atoms in total. The molecule has 0 amide bonds. The Labute approximate surface area is 102 Å². The van der Waals surface area contributed by atoms with Gasteiger partial charge in [0.1, 0.15) is 0 Å². The summed E-state index contributed by atoms with van der Waals surface area (Å²) in [6, 6.07) is 3.78. The van der Waals surface area contributed by atoms with Gasteiger partial charge in [0.05, 0.1) is 19.3 Å². The molecule has 0 radical (unpaired) electrons. The van der Waals surface area contributed by atoms with E-state index in [1.807, 2.05) is 19.1 Å². The van der Waals surface area contributed by atoms with E-state index in [9.17, 15) is 0 Å². The zero-order valence-corrected chi connectivity index (χ0v) is 10.3. The minimum absolute atomic E-state index is 0.0606. The summed E-state index contributed by atoms with van der Waals surface area (Å²) >= 11 is 0. The third-order valence-electron chi connectivity index (χ3n) is 2.86. The summed E-state index contributed by atoms with van der Waals surface area (Å²) < 4.78 is 11.1. The number of nitrogens with two attached hydrogens (primary N) is 1. The largest absolute Gasteiger partial charge is 0.493 e. The van der Waals surface area contributed by atoms with Gasteiger partial charge < -0.3 is 20.1 Å². The molecule has 1 fully saturated rings. The van der Waals surface area contributed by atoms with Crippen LogP contribution in [0.4, 0.5) is 5.82 Å². The number of nitrogens with zero attached hydrogens (tertiary/aromatic N) is 2. The van der Waals surface area contributed by atoms with Gasteiger partial charge in [-0.15, -0.1) is 0 Å². The van der Waals surface area contributed by atoms with Crippen LogP contribution in [0.1, 0.15) is 6.92 Å². The minimum atomic E-state index is 0.0606. The Bertz CT molecular complexity index is 373. The average molecular weight is 237 g/mol. The van der Waals surface area contributed by atoms with Crippen LogP contribution < -0.4 is 15.4 Å². The Morgan fingerprint density at radius 2 is 2.41 bits per heavy atom. The molecule has 1 aliphatic heterocycles. The van der Waals surface area contributed by atoms with E-state index in [-0.39, 0.29) is 12.2 Å². The molecule has 0 aliphatic carbocycles. The Hall–Kier alpha value is -1.33. The second-order valence-electron chi connectivity index (χ2n) is 4.24. The van der Waals surface area contributed by atoms with Crippen LogP contribution in [0, 0.1) is 0 Å². The van der Waals surface area contributed by atoms with Crippen molar-refractivity contribution in [3.05, 3.63) is 18.3 Å².